The summed E-state index contributed by atoms with van der Waals surface area (Å²) in [6.45, 7) is 3.88. The van der Waals surface area contributed by atoms with Crippen LogP contribution >= 0.6 is 11.3 Å². The van der Waals surface area contributed by atoms with Crippen LogP contribution in [0.2, 0.25) is 0 Å². The Hall–Kier alpha value is -3.52. The van der Waals surface area contributed by atoms with E-state index in [1.165, 1.54) is 22.8 Å². The van der Waals surface area contributed by atoms with Crippen LogP contribution in [-0.4, -0.2) is 27.2 Å². The Morgan fingerprint density at radius 2 is 1.79 bits per heavy atom. The van der Waals surface area contributed by atoms with Gasteiger partial charge in [0.2, 0.25) is 4.96 Å². The maximum absolute atomic E-state index is 12.7. The van der Waals surface area contributed by atoms with Gasteiger partial charge in [0, 0.05) is 12.5 Å². The molecule has 4 rings (SSSR count). The SMILES string of the molecule is CCOc1ccc(-c2nc3s/c(=C/c4ccc(OC(C)=O)cc4)c(=O)n3n2)cc1. The van der Waals surface area contributed by atoms with E-state index in [1.54, 1.807) is 30.3 Å². The third kappa shape index (κ3) is 4.02. The van der Waals surface area contributed by atoms with Crippen LogP contribution in [0.4, 0.5) is 0 Å². The van der Waals surface area contributed by atoms with Crippen LogP contribution in [0.3, 0.4) is 0 Å². The first-order valence-electron chi connectivity index (χ1n) is 8.96. The second kappa shape index (κ2) is 7.84. The Bertz CT molecular complexity index is 1270. The summed E-state index contributed by atoms with van der Waals surface area (Å²) < 4.78 is 12.3. The molecule has 146 valence electrons. The molecule has 0 N–H and O–H groups in total. The summed E-state index contributed by atoms with van der Waals surface area (Å²) >= 11 is 1.27. The fraction of sp³-hybridized carbons (Fsp3) is 0.143. The Morgan fingerprint density at radius 3 is 2.41 bits per heavy atom. The van der Waals surface area contributed by atoms with Crippen molar-refractivity contribution in [1.29, 1.82) is 0 Å². The number of thiazole rings is 1. The smallest absolute Gasteiger partial charge is 0.308 e. The predicted octanol–water partition coefficient (Wildman–Crippen LogP) is 2.69. The Kier molecular flexibility index (Phi) is 5.09. The zero-order chi connectivity index (χ0) is 20.4. The van der Waals surface area contributed by atoms with Gasteiger partial charge in [0.05, 0.1) is 11.1 Å². The van der Waals surface area contributed by atoms with Crippen LogP contribution in [-0.2, 0) is 4.79 Å². The lowest BCUT2D eigenvalue weighted by Crippen LogP contribution is -2.23. The van der Waals surface area contributed by atoms with E-state index < -0.39 is 0 Å². The second-order valence-electron chi connectivity index (χ2n) is 6.17. The summed E-state index contributed by atoms with van der Waals surface area (Å²) in [5.74, 6) is 1.35. The standard InChI is InChI=1S/C21H17N3O4S/c1-3-27-16-10-6-15(7-11-16)19-22-21-24(23-19)20(26)18(29-21)12-14-4-8-17(9-5-14)28-13(2)25/h4-12H,3H2,1-2H3/b18-12+. The third-order valence-corrected chi connectivity index (χ3v) is 5.00. The molecule has 2 aromatic heterocycles. The summed E-state index contributed by atoms with van der Waals surface area (Å²) in [5, 5.41) is 4.35. The van der Waals surface area contributed by atoms with E-state index in [0.29, 0.717) is 27.7 Å². The third-order valence-electron chi connectivity index (χ3n) is 4.04. The van der Waals surface area contributed by atoms with Crippen molar-refractivity contribution in [2.24, 2.45) is 0 Å². The lowest BCUT2D eigenvalue weighted by atomic mass is 10.2. The van der Waals surface area contributed by atoms with E-state index in [1.807, 2.05) is 31.2 Å². The Balaban J connectivity index is 1.63. The van der Waals surface area contributed by atoms with Gasteiger partial charge < -0.3 is 9.47 Å². The average molecular weight is 407 g/mol. The molecule has 4 aromatic rings. The van der Waals surface area contributed by atoms with E-state index in [2.05, 4.69) is 10.1 Å². The minimum Gasteiger partial charge on any atom is -0.494 e. The van der Waals surface area contributed by atoms with Crippen molar-refractivity contribution in [1.82, 2.24) is 14.6 Å². The van der Waals surface area contributed by atoms with Gasteiger partial charge in [-0.2, -0.15) is 9.50 Å². The van der Waals surface area contributed by atoms with Gasteiger partial charge in [-0.3, -0.25) is 9.59 Å². The van der Waals surface area contributed by atoms with Crippen LogP contribution in [0.15, 0.2) is 53.3 Å². The molecule has 0 amide bonds. The van der Waals surface area contributed by atoms with Crippen LogP contribution in [0, 0.1) is 0 Å². The zero-order valence-electron chi connectivity index (χ0n) is 15.8. The quantitative estimate of drug-likeness (QED) is 0.374. The monoisotopic (exact) mass is 407 g/mol. The number of ether oxygens (including phenoxy) is 2. The number of carbonyl (C=O) groups excluding carboxylic acids is 1. The Labute approximate surface area is 169 Å². The number of fused-ring (bicyclic) bond motifs is 1. The number of hydrogen-bond acceptors (Lipinski definition) is 7. The molecule has 0 radical (unpaired) electrons. The van der Waals surface area contributed by atoms with Crippen LogP contribution in [0.1, 0.15) is 19.4 Å². The number of esters is 1. The summed E-state index contributed by atoms with van der Waals surface area (Å²) in [4.78, 5) is 28.7. The molecule has 2 aromatic carbocycles. The highest BCUT2D eigenvalue weighted by Gasteiger charge is 2.12. The van der Waals surface area contributed by atoms with Crippen molar-refractivity contribution in [3.8, 4) is 22.9 Å². The summed E-state index contributed by atoms with van der Waals surface area (Å²) in [6.07, 6.45) is 1.76. The Morgan fingerprint density at radius 1 is 1.10 bits per heavy atom. The van der Waals surface area contributed by atoms with E-state index >= 15 is 0 Å². The maximum atomic E-state index is 12.7. The second-order valence-corrected chi connectivity index (χ2v) is 7.17. The van der Waals surface area contributed by atoms with Crippen molar-refractivity contribution in [3.05, 3.63) is 69.0 Å². The molecule has 0 saturated heterocycles. The zero-order valence-corrected chi connectivity index (χ0v) is 16.6. The molecular formula is C21H17N3O4S. The number of hydrogen-bond donors (Lipinski definition) is 0. The minimum absolute atomic E-state index is 0.223. The largest absolute Gasteiger partial charge is 0.494 e. The summed E-state index contributed by atoms with van der Waals surface area (Å²) in [5.41, 5.74) is 1.41. The normalized spacial score (nSPS) is 11.7. The molecule has 0 unspecified atom stereocenters. The molecule has 0 aliphatic heterocycles. The van der Waals surface area contributed by atoms with Gasteiger partial charge in [-0.15, -0.1) is 5.10 Å². The highest BCUT2D eigenvalue weighted by molar-refractivity contribution is 7.15. The summed E-state index contributed by atoms with van der Waals surface area (Å²) in [6, 6.07) is 14.4. The maximum Gasteiger partial charge on any atom is 0.308 e. The van der Waals surface area contributed by atoms with Crippen LogP contribution < -0.4 is 19.6 Å². The van der Waals surface area contributed by atoms with Gasteiger partial charge in [-0.1, -0.05) is 23.5 Å². The average Bonchev–Trinajstić information content (AvgIpc) is 3.24. The topological polar surface area (TPSA) is 82.8 Å². The molecule has 0 saturated carbocycles. The lowest BCUT2D eigenvalue weighted by Gasteiger charge is -2.02. The van der Waals surface area contributed by atoms with Crippen LogP contribution in [0.5, 0.6) is 11.5 Å². The number of benzene rings is 2. The molecule has 8 heteroatoms. The van der Waals surface area contributed by atoms with Gasteiger partial charge in [0.15, 0.2) is 5.82 Å². The first kappa shape index (κ1) is 18.8. The van der Waals surface area contributed by atoms with Gasteiger partial charge in [0.25, 0.3) is 5.56 Å². The molecule has 7 nitrogen and oxygen atoms in total. The number of aromatic nitrogens is 3. The molecule has 0 fully saturated rings. The van der Waals surface area contributed by atoms with Crippen molar-refractivity contribution in [2.75, 3.05) is 6.61 Å². The van der Waals surface area contributed by atoms with Gasteiger partial charge in [-0.25, -0.2) is 0 Å². The number of carbonyl (C=O) groups is 1. The predicted molar refractivity (Wildman–Crippen MR) is 110 cm³/mol. The molecule has 2 heterocycles. The lowest BCUT2D eigenvalue weighted by molar-refractivity contribution is -0.131. The van der Waals surface area contributed by atoms with Gasteiger partial charge in [0.1, 0.15) is 11.5 Å². The van der Waals surface area contributed by atoms with Crippen LogP contribution in [0.25, 0.3) is 22.4 Å². The molecule has 29 heavy (non-hydrogen) atoms. The molecule has 0 atom stereocenters. The van der Waals surface area contributed by atoms with Gasteiger partial charge >= 0.3 is 5.97 Å². The van der Waals surface area contributed by atoms with Gasteiger partial charge in [-0.05, 0) is 55.0 Å². The molecule has 0 bridgehead atoms. The fourth-order valence-corrected chi connectivity index (χ4v) is 3.68. The number of rotatable bonds is 5. The fourth-order valence-electron chi connectivity index (χ4n) is 2.77. The highest BCUT2D eigenvalue weighted by Crippen LogP contribution is 2.20. The molecular weight excluding hydrogens is 390 g/mol. The van der Waals surface area contributed by atoms with Crippen molar-refractivity contribution < 1.29 is 14.3 Å². The first-order valence-corrected chi connectivity index (χ1v) is 9.78. The molecule has 0 spiro atoms. The van der Waals surface area contributed by atoms with Crippen molar-refractivity contribution >= 4 is 28.3 Å². The molecule has 0 aliphatic carbocycles. The minimum atomic E-state index is -0.377. The van der Waals surface area contributed by atoms with E-state index in [-0.39, 0.29) is 11.5 Å². The highest BCUT2D eigenvalue weighted by atomic mass is 32.1. The van der Waals surface area contributed by atoms with Crippen molar-refractivity contribution in [3.63, 3.8) is 0 Å². The number of nitrogens with zero attached hydrogens (tertiary/aromatic N) is 3. The van der Waals surface area contributed by atoms with Crippen molar-refractivity contribution in [2.45, 2.75) is 13.8 Å². The van der Waals surface area contributed by atoms with E-state index in [4.69, 9.17) is 9.47 Å². The first-order chi connectivity index (χ1) is 14.0. The molecule has 0 aliphatic rings. The van der Waals surface area contributed by atoms with E-state index in [9.17, 15) is 9.59 Å². The summed E-state index contributed by atoms with van der Waals surface area (Å²) in [7, 11) is 0. The van der Waals surface area contributed by atoms with E-state index in [0.717, 1.165) is 16.9 Å².